The fourth-order valence-electron chi connectivity index (χ4n) is 1.58. The van der Waals surface area contributed by atoms with Crippen molar-refractivity contribution >= 4 is 6.29 Å². The van der Waals surface area contributed by atoms with Crippen molar-refractivity contribution < 1.29 is 4.79 Å². The molecule has 0 saturated carbocycles. The zero-order valence-electron chi connectivity index (χ0n) is 9.58. The van der Waals surface area contributed by atoms with Crippen molar-refractivity contribution in [2.75, 3.05) is 0 Å². The Bertz CT molecular complexity index is 510. The second-order valence-electron chi connectivity index (χ2n) is 4.00. The number of carbonyl (C=O) groups excluding carboxylic acids is 1. The third-order valence-corrected chi connectivity index (χ3v) is 2.48. The molecule has 0 aliphatic heterocycles. The summed E-state index contributed by atoms with van der Waals surface area (Å²) in [5, 5.41) is 8.46. The maximum absolute atomic E-state index is 10.9. The molecule has 2 aromatic heterocycles. The summed E-state index contributed by atoms with van der Waals surface area (Å²) in [6.45, 7) is 4.16. The van der Waals surface area contributed by atoms with Crippen LogP contribution in [0.4, 0.5) is 0 Å². The smallest absolute Gasteiger partial charge is 0.162 e. The van der Waals surface area contributed by atoms with Gasteiger partial charge in [0.05, 0.1) is 17.5 Å². The first kappa shape index (κ1) is 10.6. The summed E-state index contributed by atoms with van der Waals surface area (Å²) in [6, 6.07) is 1.95. The van der Waals surface area contributed by atoms with Crippen molar-refractivity contribution in [2.45, 2.75) is 19.8 Å². The molecule has 2 aromatic rings. The molecule has 0 amide bonds. The molecule has 2 heterocycles. The first-order valence-electron chi connectivity index (χ1n) is 5.16. The summed E-state index contributed by atoms with van der Waals surface area (Å²) < 4.78 is 3.33. The lowest BCUT2D eigenvalue weighted by atomic mass is 10.1. The van der Waals surface area contributed by atoms with Crippen LogP contribution in [0, 0.1) is 0 Å². The van der Waals surface area contributed by atoms with E-state index in [0.29, 0.717) is 17.3 Å². The molecule has 5 heteroatoms. The van der Waals surface area contributed by atoms with Crippen LogP contribution in [0.2, 0.25) is 0 Å². The molecule has 0 fully saturated rings. The van der Waals surface area contributed by atoms with Gasteiger partial charge in [0.25, 0.3) is 0 Å². The van der Waals surface area contributed by atoms with E-state index in [1.54, 1.807) is 22.6 Å². The fraction of sp³-hybridized carbons (Fsp3) is 0.364. The van der Waals surface area contributed by atoms with E-state index in [1.807, 2.05) is 12.3 Å². The van der Waals surface area contributed by atoms with E-state index >= 15 is 0 Å². The molecule has 5 nitrogen and oxygen atoms in total. The summed E-state index contributed by atoms with van der Waals surface area (Å²) in [6.07, 6.45) is 4.18. The highest BCUT2D eigenvalue weighted by atomic mass is 16.1. The van der Waals surface area contributed by atoms with Gasteiger partial charge in [0, 0.05) is 13.2 Å². The van der Waals surface area contributed by atoms with E-state index in [2.05, 4.69) is 24.0 Å². The average Bonchev–Trinajstić information content (AvgIpc) is 2.83. The summed E-state index contributed by atoms with van der Waals surface area (Å²) in [4.78, 5) is 10.9. The highest BCUT2D eigenvalue weighted by Crippen LogP contribution is 2.15. The van der Waals surface area contributed by atoms with Crippen molar-refractivity contribution in [3.63, 3.8) is 0 Å². The van der Waals surface area contributed by atoms with E-state index in [1.165, 1.54) is 0 Å². The zero-order valence-corrected chi connectivity index (χ0v) is 9.58. The quantitative estimate of drug-likeness (QED) is 0.734. The zero-order chi connectivity index (χ0) is 11.7. The Morgan fingerprint density at radius 1 is 1.44 bits per heavy atom. The molecular weight excluding hydrogens is 204 g/mol. The van der Waals surface area contributed by atoms with Gasteiger partial charge in [-0.15, -0.1) is 0 Å². The molecule has 0 aliphatic carbocycles. The van der Waals surface area contributed by atoms with Gasteiger partial charge in [-0.3, -0.25) is 9.48 Å². The molecule has 0 bridgehead atoms. The third kappa shape index (κ3) is 1.64. The van der Waals surface area contributed by atoms with Crippen LogP contribution in [-0.2, 0) is 7.05 Å². The Hall–Kier alpha value is -1.91. The van der Waals surface area contributed by atoms with Crippen molar-refractivity contribution in [1.82, 2.24) is 19.6 Å². The molecule has 84 valence electrons. The number of aromatic nitrogens is 4. The lowest BCUT2D eigenvalue weighted by Gasteiger charge is -2.03. The maximum Gasteiger partial charge on any atom is 0.162 e. The molecular formula is C11H14N4O. The molecule has 0 spiro atoms. The first-order chi connectivity index (χ1) is 7.63. The van der Waals surface area contributed by atoms with Crippen LogP contribution in [0.25, 0.3) is 5.82 Å². The highest BCUT2D eigenvalue weighted by molar-refractivity contribution is 5.79. The normalized spacial score (nSPS) is 11.0. The van der Waals surface area contributed by atoms with Gasteiger partial charge in [0.15, 0.2) is 12.1 Å². The minimum Gasteiger partial charge on any atom is -0.298 e. The fourth-order valence-corrected chi connectivity index (χ4v) is 1.58. The first-order valence-corrected chi connectivity index (χ1v) is 5.16. The Kier molecular flexibility index (Phi) is 2.60. The average molecular weight is 218 g/mol. The minimum absolute atomic E-state index is 0.370. The summed E-state index contributed by atoms with van der Waals surface area (Å²) >= 11 is 0. The number of aldehydes is 1. The Morgan fingerprint density at radius 2 is 2.19 bits per heavy atom. The lowest BCUT2D eigenvalue weighted by molar-refractivity contribution is 0.112. The van der Waals surface area contributed by atoms with Crippen LogP contribution >= 0.6 is 0 Å². The van der Waals surface area contributed by atoms with Crippen LogP contribution in [0.3, 0.4) is 0 Å². The number of rotatable bonds is 3. The lowest BCUT2D eigenvalue weighted by Crippen LogP contribution is -2.06. The van der Waals surface area contributed by atoms with Gasteiger partial charge in [-0.1, -0.05) is 13.8 Å². The molecule has 0 aromatic carbocycles. The van der Waals surface area contributed by atoms with Gasteiger partial charge in [-0.05, 0) is 12.0 Å². The standard InChI is InChI=1S/C11H14N4O/c1-8(2)10-4-5-15(13-10)11-9(7-16)6-12-14(11)3/h4-8H,1-3H3. The predicted octanol–water partition coefficient (Wildman–Crippen LogP) is 1.54. The van der Waals surface area contributed by atoms with Gasteiger partial charge in [0.1, 0.15) is 0 Å². The molecule has 0 unspecified atom stereocenters. The number of carbonyl (C=O) groups is 1. The minimum atomic E-state index is 0.370. The second-order valence-corrected chi connectivity index (χ2v) is 4.00. The molecule has 2 rings (SSSR count). The predicted molar refractivity (Wildman–Crippen MR) is 59.8 cm³/mol. The van der Waals surface area contributed by atoms with E-state index in [-0.39, 0.29) is 0 Å². The van der Waals surface area contributed by atoms with Crippen LogP contribution in [0.15, 0.2) is 18.5 Å². The van der Waals surface area contributed by atoms with Gasteiger partial charge < -0.3 is 0 Å². The topological polar surface area (TPSA) is 52.7 Å². The number of hydrogen-bond acceptors (Lipinski definition) is 3. The van der Waals surface area contributed by atoms with E-state index in [9.17, 15) is 4.79 Å². The largest absolute Gasteiger partial charge is 0.298 e. The maximum atomic E-state index is 10.9. The summed E-state index contributed by atoms with van der Waals surface area (Å²) in [7, 11) is 1.79. The van der Waals surface area contributed by atoms with Gasteiger partial charge >= 0.3 is 0 Å². The van der Waals surface area contributed by atoms with Crippen LogP contribution in [0.1, 0.15) is 35.8 Å². The highest BCUT2D eigenvalue weighted by Gasteiger charge is 2.12. The number of hydrogen-bond donors (Lipinski definition) is 0. The molecule has 0 radical (unpaired) electrons. The Labute approximate surface area is 93.7 Å². The van der Waals surface area contributed by atoms with E-state index in [0.717, 1.165) is 12.0 Å². The van der Waals surface area contributed by atoms with Gasteiger partial charge in [0.2, 0.25) is 0 Å². The molecule has 0 aliphatic rings. The van der Waals surface area contributed by atoms with Crippen LogP contribution < -0.4 is 0 Å². The molecule has 0 N–H and O–H groups in total. The SMILES string of the molecule is CC(C)c1ccn(-c2c(C=O)cnn2C)n1. The van der Waals surface area contributed by atoms with E-state index < -0.39 is 0 Å². The molecule has 0 atom stereocenters. The van der Waals surface area contributed by atoms with Crippen molar-refractivity contribution in [3.8, 4) is 5.82 Å². The summed E-state index contributed by atoms with van der Waals surface area (Å²) in [5.41, 5.74) is 1.54. The number of nitrogens with zero attached hydrogens (tertiary/aromatic N) is 4. The Balaban J connectivity index is 2.49. The van der Waals surface area contributed by atoms with Crippen molar-refractivity contribution in [2.24, 2.45) is 7.05 Å². The van der Waals surface area contributed by atoms with Crippen LogP contribution in [-0.4, -0.2) is 25.8 Å². The molecule has 16 heavy (non-hydrogen) atoms. The molecule has 0 saturated heterocycles. The monoisotopic (exact) mass is 218 g/mol. The third-order valence-electron chi connectivity index (χ3n) is 2.48. The van der Waals surface area contributed by atoms with E-state index in [4.69, 9.17) is 0 Å². The van der Waals surface area contributed by atoms with Crippen LogP contribution in [0.5, 0.6) is 0 Å². The van der Waals surface area contributed by atoms with Gasteiger partial charge in [-0.2, -0.15) is 10.2 Å². The van der Waals surface area contributed by atoms with Crippen molar-refractivity contribution in [1.29, 1.82) is 0 Å². The van der Waals surface area contributed by atoms with Crippen molar-refractivity contribution in [3.05, 3.63) is 29.7 Å². The Morgan fingerprint density at radius 3 is 2.75 bits per heavy atom. The van der Waals surface area contributed by atoms with Gasteiger partial charge in [-0.25, -0.2) is 4.68 Å². The second kappa shape index (κ2) is 3.92. The number of aryl methyl sites for hydroxylation is 1. The summed E-state index contributed by atoms with van der Waals surface area (Å²) in [5.74, 6) is 1.07.